The Labute approximate surface area is 70.4 Å². The number of nitrogens with zero attached hydrogens (tertiary/aromatic N) is 1. The minimum atomic E-state index is -1.35. The van der Waals surface area contributed by atoms with Crippen LogP contribution in [0.3, 0.4) is 0 Å². The molecule has 0 aliphatic heterocycles. The molecule has 2 nitrogen and oxygen atoms in total. The quantitative estimate of drug-likeness (QED) is 0.637. The van der Waals surface area contributed by atoms with E-state index in [2.05, 4.69) is 4.98 Å². The summed E-state index contributed by atoms with van der Waals surface area (Å²) in [6, 6.07) is 5.46. The van der Waals surface area contributed by atoms with Gasteiger partial charge >= 0.3 is 0 Å². The third-order valence-corrected chi connectivity index (χ3v) is 1.55. The van der Waals surface area contributed by atoms with Gasteiger partial charge in [-0.25, -0.2) is 4.39 Å². The maximum atomic E-state index is 12.4. The van der Waals surface area contributed by atoms with Gasteiger partial charge < -0.3 is 4.79 Å². The average molecular weight is 167 g/mol. The Morgan fingerprint density at radius 2 is 2.42 bits per heavy atom. The minimum absolute atomic E-state index is 0.223. The van der Waals surface area contributed by atoms with E-state index in [9.17, 15) is 9.18 Å². The number of alkyl halides is 1. The van der Waals surface area contributed by atoms with Crippen molar-refractivity contribution < 1.29 is 9.18 Å². The van der Waals surface area contributed by atoms with E-state index >= 15 is 0 Å². The van der Waals surface area contributed by atoms with Crippen LogP contribution in [0.25, 0.3) is 0 Å². The first-order chi connectivity index (χ1) is 5.83. The van der Waals surface area contributed by atoms with Gasteiger partial charge in [-0.05, 0) is 25.0 Å². The predicted octanol–water partition coefficient (Wildman–Crippen LogP) is 1.55. The highest BCUT2D eigenvalue weighted by Crippen LogP contribution is 2.02. The van der Waals surface area contributed by atoms with Gasteiger partial charge in [-0.2, -0.15) is 0 Å². The van der Waals surface area contributed by atoms with E-state index in [0.717, 1.165) is 5.69 Å². The van der Waals surface area contributed by atoms with Gasteiger partial charge in [-0.3, -0.25) is 4.98 Å². The van der Waals surface area contributed by atoms with Crippen LogP contribution in [0.2, 0.25) is 0 Å². The molecule has 0 spiro atoms. The number of hydrogen-bond acceptors (Lipinski definition) is 2. The van der Waals surface area contributed by atoms with Crippen LogP contribution >= 0.6 is 0 Å². The summed E-state index contributed by atoms with van der Waals surface area (Å²) in [6.07, 6.45) is 1.36. The van der Waals surface area contributed by atoms with Gasteiger partial charge in [0.1, 0.15) is 0 Å². The lowest BCUT2D eigenvalue weighted by molar-refractivity contribution is -0.112. The zero-order valence-corrected chi connectivity index (χ0v) is 6.61. The van der Waals surface area contributed by atoms with E-state index < -0.39 is 6.17 Å². The molecule has 0 saturated carbocycles. The molecule has 1 unspecified atom stereocenters. The summed E-state index contributed by atoms with van der Waals surface area (Å²) in [7, 11) is 0. The second kappa shape index (κ2) is 4.59. The summed E-state index contributed by atoms with van der Waals surface area (Å²) >= 11 is 0. The molecule has 64 valence electrons. The van der Waals surface area contributed by atoms with Gasteiger partial charge in [-0.15, -0.1) is 0 Å². The minimum Gasteiger partial charge on any atom is -0.300 e. The molecular weight excluding hydrogens is 157 g/mol. The van der Waals surface area contributed by atoms with E-state index in [1.54, 1.807) is 12.3 Å². The molecule has 0 amide bonds. The molecule has 0 radical (unpaired) electrons. The lowest BCUT2D eigenvalue weighted by atomic mass is 10.2. The first-order valence-corrected chi connectivity index (χ1v) is 3.82. The molecule has 1 atom stereocenters. The van der Waals surface area contributed by atoms with Crippen molar-refractivity contribution in [2.75, 3.05) is 0 Å². The van der Waals surface area contributed by atoms with E-state index in [1.807, 2.05) is 12.1 Å². The Morgan fingerprint density at radius 1 is 1.58 bits per heavy atom. The van der Waals surface area contributed by atoms with Crippen LogP contribution in [-0.4, -0.2) is 17.4 Å². The number of carbonyl (C=O) groups is 1. The summed E-state index contributed by atoms with van der Waals surface area (Å²) in [4.78, 5) is 13.9. The SMILES string of the molecule is O=CC(F)CCc1ccccn1. The lowest BCUT2D eigenvalue weighted by Gasteiger charge is -1.99. The second-order valence-corrected chi connectivity index (χ2v) is 2.51. The van der Waals surface area contributed by atoms with Gasteiger partial charge in [0.05, 0.1) is 0 Å². The van der Waals surface area contributed by atoms with E-state index in [-0.39, 0.29) is 6.42 Å². The third kappa shape index (κ3) is 2.78. The fourth-order valence-electron chi connectivity index (χ4n) is 0.900. The van der Waals surface area contributed by atoms with Crippen molar-refractivity contribution in [2.45, 2.75) is 19.0 Å². The Balaban J connectivity index is 2.38. The Hall–Kier alpha value is -1.25. The Morgan fingerprint density at radius 3 is 3.00 bits per heavy atom. The second-order valence-electron chi connectivity index (χ2n) is 2.51. The zero-order chi connectivity index (χ0) is 8.81. The van der Waals surface area contributed by atoms with Crippen molar-refractivity contribution in [3.63, 3.8) is 0 Å². The van der Waals surface area contributed by atoms with E-state index in [1.165, 1.54) is 0 Å². The van der Waals surface area contributed by atoms with Gasteiger partial charge in [0.25, 0.3) is 0 Å². The molecule has 0 saturated heterocycles. The largest absolute Gasteiger partial charge is 0.300 e. The standard InChI is InChI=1S/C9H10FNO/c10-8(7-12)4-5-9-3-1-2-6-11-9/h1-3,6-8H,4-5H2. The highest BCUT2D eigenvalue weighted by atomic mass is 19.1. The molecule has 12 heavy (non-hydrogen) atoms. The summed E-state index contributed by atoms with van der Waals surface area (Å²) in [5.74, 6) is 0. The summed E-state index contributed by atoms with van der Waals surface area (Å²) in [5.41, 5.74) is 0.821. The number of pyridine rings is 1. The molecular formula is C9H10FNO. The Bertz CT molecular complexity index is 238. The molecule has 1 rings (SSSR count). The highest BCUT2D eigenvalue weighted by Gasteiger charge is 2.03. The number of carbonyl (C=O) groups excluding carboxylic acids is 1. The first-order valence-electron chi connectivity index (χ1n) is 3.82. The van der Waals surface area contributed by atoms with Crippen molar-refractivity contribution in [1.82, 2.24) is 4.98 Å². The molecule has 0 aromatic carbocycles. The van der Waals surface area contributed by atoms with Crippen molar-refractivity contribution >= 4 is 6.29 Å². The fraction of sp³-hybridized carbons (Fsp3) is 0.333. The molecule has 0 aliphatic rings. The number of hydrogen-bond donors (Lipinski definition) is 0. The monoisotopic (exact) mass is 167 g/mol. The van der Waals surface area contributed by atoms with Crippen molar-refractivity contribution in [3.05, 3.63) is 30.1 Å². The molecule has 3 heteroatoms. The fourth-order valence-corrected chi connectivity index (χ4v) is 0.900. The summed E-state index contributed by atoms with van der Waals surface area (Å²) < 4.78 is 12.4. The average Bonchev–Trinajstić information content (AvgIpc) is 2.16. The van der Waals surface area contributed by atoms with Gasteiger partial charge in [0.2, 0.25) is 0 Å². The topological polar surface area (TPSA) is 30.0 Å². The van der Waals surface area contributed by atoms with Gasteiger partial charge in [0, 0.05) is 11.9 Å². The zero-order valence-electron chi connectivity index (χ0n) is 6.61. The highest BCUT2D eigenvalue weighted by molar-refractivity contribution is 5.55. The molecule has 1 heterocycles. The summed E-state index contributed by atoms with van der Waals surface area (Å²) in [5, 5.41) is 0. The number of rotatable bonds is 4. The maximum absolute atomic E-state index is 12.4. The number of aryl methyl sites for hydroxylation is 1. The van der Waals surface area contributed by atoms with Crippen LogP contribution in [-0.2, 0) is 11.2 Å². The normalized spacial score (nSPS) is 12.4. The van der Waals surface area contributed by atoms with Crippen molar-refractivity contribution in [2.24, 2.45) is 0 Å². The molecule has 1 aromatic rings. The van der Waals surface area contributed by atoms with Crippen LogP contribution in [0.1, 0.15) is 12.1 Å². The molecule has 0 fully saturated rings. The number of aldehydes is 1. The van der Waals surface area contributed by atoms with Gasteiger partial charge in [-0.1, -0.05) is 6.07 Å². The van der Waals surface area contributed by atoms with Crippen LogP contribution in [0.4, 0.5) is 4.39 Å². The maximum Gasteiger partial charge on any atom is 0.155 e. The van der Waals surface area contributed by atoms with E-state index in [4.69, 9.17) is 0 Å². The first kappa shape index (κ1) is 8.84. The van der Waals surface area contributed by atoms with Crippen molar-refractivity contribution in [1.29, 1.82) is 0 Å². The molecule has 1 aromatic heterocycles. The van der Waals surface area contributed by atoms with Crippen LogP contribution < -0.4 is 0 Å². The van der Waals surface area contributed by atoms with Crippen LogP contribution in [0.15, 0.2) is 24.4 Å². The van der Waals surface area contributed by atoms with Crippen LogP contribution in [0, 0.1) is 0 Å². The Kier molecular flexibility index (Phi) is 3.38. The predicted molar refractivity (Wildman–Crippen MR) is 43.5 cm³/mol. The lowest BCUT2D eigenvalue weighted by Crippen LogP contribution is -2.03. The molecule has 0 aliphatic carbocycles. The number of aromatic nitrogens is 1. The van der Waals surface area contributed by atoms with Crippen molar-refractivity contribution in [3.8, 4) is 0 Å². The van der Waals surface area contributed by atoms with Gasteiger partial charge in [0.15, 0.2) is 12.5 Å². The third-order valence-electron chi connectivity index (χ3n) is 1.55. The smallest absolute Gasteiger partial charge is 0.155 e. The summed E-state index contributed by atoms with van der Waals surface area (Å²) in [6.45, 7) is 0. The molecule has 0 N–H and O–H groups in total. The number of halogens is 1. The molecule has 0 bridgehead atoms. The van der Waals surface area contributed by atoms with E-state index in [0.29, 0.717) is 12.7 Å². The van der Waals surface area contributed by atoms with Crippen LogP contribution in [0.5, 0.6) is 0 Å².